The Morgan fingerprint density at radius 1 is 1.38 bits per heavy atom. The molecule has 1 saturated heterocycles. The molecular formula is C13H21N7O. The first-order valence-electron chi connectivity index (χ1n) is 7.52. The van der Waals surface area contributed by atoms with Gasteiger partial charge in [0.1, 0.15) is 6.33 Å². The summed E-state index contributed by atoms with van der Waals surface area (Å²) in [5, 5.41) is 15.2. The zero-order chi connectivity index (χ0) is 14.7. The average Bonchev–Trinajstić information content (AvgIpc) is 3.20. The quantitative estimate of drug-likeness (QED) is 0.795. The SMILES string of the molecule is CC(C)c1noc([C@@H]2CCCN2CCCn2cnnn2)n1. The van der Waals surface area contributed by atoms with Crippen molar-refractivity contribution in [1.82, 2.24) is 35.2 Å². The number of hydrogen-bond donors (Lipinski definition) is 0. The van der Waals surface area contributed by atoms with Gasteiger partial charge in [-0.25, -0.2) is 4.68 Å². The molecule has 8 nitrogen and oxygen atoms in total. The van der Waals surface area contributed by atoms with Crippen LogP contribution in [0.4, 0.5) is 0 Å². The fraction of sp³-hybridized carbons (Fsp3) is 0.769. The second-order valence-corrected chi connectivity index (χ2v) is 5.77. The zero-order valence-corrected chi connectivity index (χ0v) is 12.5. The number of aryl methyl sites for hydroxylation is 1. The van der Waals surface area contributed by atoms with Crippen LogP contribution in [0.15, 0.2) is 10.9 Å². The van der Waals surface area contributed by atoms with E-state index in [1.54, 1.807) is 11.0 Å². The molecule has 1 atom stereocenters. The molecule has 3 rings (SSSR count). The molecule has 21 heavy (non-hydrogen) atoms. The van der Waals surface area contributed by atoms with Crippen molar-refractivity contribution in [2.75, 3.05) is 13.1 Å². The second kappa shape index (κ2) is 6.30. The highest BCUT2D eigenvalue weighted by Gasteiger charge is 2.30. The van der Waals surface area contributed by atoms with Gasteiger partial charge in [-0.2, -0.15) is 4.98 Å². The molecule has 2 aromatic rings. The Morgan fingerprint density at radius 2 is 2.29 bits per heavy atom. The molecule has 3 heterocycles. The lowest BCUT2D eigenvalue weighted by Gasteiger charge is -2.21. The lowest BCUT2D eigenvalue weighted by molar-refractivity contribution is 0.202. The summed E-state index contributed by atoms with van der Waals surface area (Å²) in [5.74, 6) is 1.86. The van der Waals surface area contributed by atoms with Crippen LogP contribution in [0.1, 0.15) is 56.8 Å². The van der Waals surface area contributed by atoms with Crippen LogP contribution in [0.5, 0.6) is 0 Å². The van der Waals surface area contributed by atoms with Crippen LogP contribution in [0.25, 0.3) is 0 Å². The molecule has 0 spiro atoms. The lowest BCUT2D eigenvalue weighted by atomic mass is 10.2. The van der Waals surface area contributed by atoms with Gasteiger partial charge in [0.25, 0.3) is 0 Å². The first kappa shape index (κ1) is 14.1. The summed E-state index contributed by atoms with van der Waals surface area (Å²) in [5.41, 5.74) is 0. The predicted octanol–water partition coefficient (Wildman–Crippen LogP) is 1.41. The third-order valence-corrected chi connectivity index (χ3v) is 3.85. The van der Waals surface area contributed by atoms with Gasteiger partial charge in [-0.1, -0.05) is 19.0 Å². The van der Waals surface area contributed by atoms with Gasteiger partial charge in [0, 0.05) is 19.0 Å². The Labute approximate surface area is 123 Å². The van der Waals surface area contributed by atoms with Crippen molar-refractivity contribution >= 4 is 0 Å². The smallest absolute Gasteiger partial charge is 0.244 e. The number of aromatic nitrogens is 6. The minimum atomic E-state index is 0.263. The fourth-order valence-electron chi connectivity index (χ4n) is 2.71. The molecular weight excluding hydrogens is 270 g/mol. The standard InChI is InChI=1S/C13H21N7O/c1-10(2)12-15-13(21-16-12)11-5-3-6-19(11)7-4-8-20-9-14-17-18-20/h9-11H,3-8H2,1-2H3/t11-/m0/s1. The molecule has 0 N–H and O–H groups in total. The highest BCUT2D eigenvalue weighted by atomic mass is 16.5. The van der Waals surface area contributed by atoms with E-state index in [0.29, 0.717) is 5.92 Å². The summed E-state index contributed by atoms with van der Waals surface area (Å²) in [6, 6.07) is 0.263. The molecule has 114 valence electrons. The summed E-state index contributed by atoms with van der Waals surface area (Å²) in [6.07, 6.45) is 4.92. The topological polar surface area (TPSA) is 85.8 Å². The Balaban J connectivity index is 1.56. The van der Waals surface area contributed by atoms with Crippen LogP contribution in [0.3, 0.4) is 0 Å². The first-order valence-corrected chi connectivity index (χ1v) is 7.52. The van der Waals surface area contributed by atoms with E-state index < -0.39 is 0 Å². The van der Waals surface area contributed by atoms with E-state index in [1.165, 1.54) is 6.42 Å². The van der Waals surface area contributed by atoms with E-state index in [4.69, 9.17) is 4.52 Å². The van der Waals surface area contributed by atoms with Crippen LogP contribution in [0.2, 0.25) is 0 Å². The highest BCUT2D eigenvalue weighted by molar-refractivity contribution is 4.99. The molecule has 0 amide bonds. The minimum Gasteiger partial charge on any atom is -0.338 e. The highest BCUT2D eigenvalue weighted by Crippen LogP contribution is 2.31. The molecule has 0 unspecified atom stereocenters. The third-order valence-electron chi connectivity index (χ3n) is 3.85. The van der Waals surface area contributed by atoms with Crippen molar-refractivity contribution in [1.29, 1.82) is 0 Å². The maximum absolute atomic E-state index is 5.45. The monoisotopic (exact) mass is 291 g/mol. The van der Waals surface area contributed by atoms with E-state index in [0.717, 1.165) is 44.2 Å². The summed E-state index contributed by atoms with van der Waals surface area (Å²) < 4.78 is 7.21. The van der Waals surface area contributed by atoms with Crippen molar-refractivity contribution in [3.63, 3.8) is 0 Å². The maximum atomic E-state index is 5.45. The molecule has 0 bridgehead atoms. The number of likely N-dealkylation sites (tertiary alicyclic amines) is 1. The third kappa shape index (κ3) is 3.26. The van der Waals surface area contributed by atoms with E-state index in [9.17, 15) is 0 Å². The molecule has 0 radical (unpaired) electrons. The van der Waals surface area contributed by atoms with Crippen molar-refractivity contribution in [3.05, 3.63) is 18.0 Å². The Hall–Kier alpha value is -1.83. The fourth-order valence-corrected chi connectivity index (χ4v) is 2.71. The maximum Gasteiger partial charge on any atom is 0.244 e. The van der Waals surface area contributed by atoms with E-state index in [-0.39, 0.29) is 6.04 Å². The normalized spacial score (nSPS) is 19.7. The molecule has 0 aromatic carbocycles. The number of rotatable bonds is 6. The van der Waals surface area contributed by atoms with Crippen LogP contribution in [-0.4, -0.2) is 48.3 Å². The second-order valence-electron chi connectivity index (χ2n) is 5.77. The summed E-state index contributed by atoms with van der Waals surface area (Å²) >= 11 is 0. The van der Waals surface area contributed by atoms with Gasteiger partial charge in [0.2, 0.25) is 5.89 Å². The summed E-state index contributed by atoms with van der Waals surface area (Å²) in [4.78, 5) is 6.96. The van der Waals surface area contributed by atoms with Gasteiger partial charge >= 0.3 is 0 Å². The van der Waals surface area contributed by atoms with Gasteiger partial charge in [-0.15, -0.1) is 5.10 Å². The van der Waals surface area contributed by atoms with Gasteiger partial charge in [-0.05, 0) is 36.2 Å². The molecule has 0 aliphatic carbocycles. The summed E-state index contributed by atoms with van der Waals surface area (Å²) in [7, 11) is 0. The Morgan fingerprint density at radius 3 is 3.00 bits per heavy atom. The molecule has 1 aliphatic rings. The average molecular weight is 291 g/mol. The van der Waals surface area contributed by atoms with Crippen molar-refractivity contribution in [2.24, 2.45) is 0 Å². The number of tetrazole rings is 1. The van der Waals surface area contributed by atoms with Crippen molar-refractivity contribution in [3.8, 4) is 0 Å². The molecule has 0 saturated carbocycles. The van der Waals surface area contributed by atoms with Gasteiger partial charge in [0.05, 0.1) is 6.04 Å². The van der Waals surface area contributed by atoms with Crippen molar-refractivity contribution in [2.45, 2.75) is 51.6 Å². The van der Waals surface area contributed by atoms with E-state index in [2.05, 4.69) is 44.4 Å². The Bertz CT molecular complexity index is 551. The summed E-state index contributed by atoms with van der Waals surface area (Å²) in [6.45, 7) is 7.06. The zero-order valence-electron chi connectivity index (χ0n) is 12.5. The van der Waals surface area contributed by atoms with Crippen LogP contribution in [0, 0.1) is 0 Å². The molecule has 8 heteroatoms. The van der Waals surface area contributed by atoms with Crippen molar-refractivity contribution < 1.29 is 4.52 Å². The van der Waals surface area contributed by atoms with Gasteiger partial charge in [-0.3, -0.25) is 4.90 Å². The number of nitrogens with zero attached hydrogens (tertiary/aromatic N) is 7. The van der Waals surface area contributed by atoms with Gasteiger partial charge in [0.15, 0.2) is 5.82 Å². The lowest BCUT2D eigenvalue weighted by Crippen LogP contribution is -2.25. The van der Waals surface area contributed by atoms with E-state index in [1.807, 2.05) is 0 Å². The van der Waals surface area contributed by atoms with E-state index >= 15 is 0 Å². The Kier molecular flexibility index (Phi) is 4.23. The van der Waals surface area contributed by atoms with Gasteiger partial charge < -0.3 is 4.52 Å². The van der Waals surface area contributed by atoms with Crippen LogP contribution in [-0.2, 0) is 6.54 Å². The predicted molar refractivity (Wildman–Crippen MR) is 74.4 cm³/mol. The van der Waals surface area contributed by atoms with Crippen LogP contribution < -0.4 is 0 Å². The minimum absolute atomic E-state index is 0.263. The molecule has 2 aromatic heterocycles. The van der Waals surface area contributed by atoms with Crippen LogP contribution >= 0.6 is 0 Å². The number of hydrogen-bond acceptors (Lipinski definition) is 7. The molecule has 1 fully saturated rings. The largest absolute Gasteiger partial charge is 0.338 e. The first-order chi connectivity index (χ1) is 10.2. The molecule has 1 aliphatic heterocycles.